The fourth-order valence-electron chi connectivity index (χ4n) is 2.28. The van der Waals surface area contributed by atoms with Gasteiger partial charge >= 0.3 is 5.97 Å². The molecule has 1 aromatic carbocycles. The van der Waals surface area contributed by atoms with Gasteiger partial charge in [-0.1, -0.05) is 23.4 Å². The molecule has 0 spiro atoms. The number of benzene rings is 1. The molecule has 3 aromatic rings. The summed E-state index contributed by atoms with van der Waals surface area (Å²) in [5.41, 5.74) is 1.86. The Morgan fingerprint density at radius 3 is 2.81 bits per heavy atom. The first-order valence-corrected chi connectivity index (χ1v) is 8.08. The van der Waals surface area contributed by atoms with E-state index in [1.165, 1.54) is 0 Å². The number of carbonyl (C=O) groups is 2. The first kappa shape index (κ1) is 17.4. The number of nitrogens with zero attached hydrogens (tertiary/aromatic N) is 3. The second kappa shape index (κ2) is 8.11. The van der Waals surface area contributed by atoms with Gasteiger partial charge in [0.1, 0.15) is 5.76 Å². The van der Waals surface area contributed by atoms with E-state index in [1.807, 2.05) is 36.5 Å². The molecule has 1 amide bonds. The van der Waals surface area contributed by atoms with Crippen LogP contribution in [0.5, 0.6) is 0 Å². The molecule has 8 heteroatoms. The van der Waals surface area contributed by atoms with Gasteiger partial charge in [0.15, 0.2) is 12.4 Å². The summed E-state index contributed by atoms with van der Waals surface area (Å²) in [5.74, 6) is -0.0577. The molecule has 2 aromatic heterocycles. The van der Waals surface area contributed by atoms with Crippen LogP contribution in [-0.4, -0.2) is 33.4 Å². The van der Waals surface area contributed by atoms with E-state index in [0.717, 1.165) is 11.3 Å². The van der Waals surface area contributed by atoms with Crippen molar-refractivity contribution in [2.45, 2.75) is 19.8 Å². The van der Waals surface area contributed by atoms with Crippen molar-refractivity contribution in [3.05, 3.63) is 60.1 Å². The molecule has 0 unspecified atom stereocenters. The number of esters is 1. The van der Waals surface area contributed by atoms with Crippen molar-refractivity contribution in [1.82, 2.24) is 14.9 Å². The van der Waals surface area contributed by atoms with Crippen molar-refractivity contribution >= 4 is 17.7 Å². The van der Waals surface area contributed by atoms with E-state index in [-0.39, 0.29) is 18.8 Å². The predicted molar refractivity (Wildman–Crippen MR) is 92.7 cm³/mol. The normalized spacial score (nSPS) is 10.5. The minimum Gasteiger partial charge on any atom is -0.456 e. The third-order valence-corrected chi connectivity index (χ3v) is 3.53. The van der Waals surface area contributed by atoms with Crippen molar-refractivity contribution in [3.8, 4) is 5.69 Å². The number of ether oxygens (including phenoxy) is 1. The summed E-state index contributed by atoms with van der Waals surface area (Å²) < 4.78 is 11.5. The summed E-state index contributed by atoms with van der Waals surface area (Å²) in [6.45, 7) is 1.34. The standard InChI is InChI=1S/C18H18N4O4/c1-13-9-16(21-26-13)20-17(23)12-25-18(24)8-7-14-10-19-22(11-14)15-5-3-2-4-6-15/h2-6,9-11H,7-8,12H2,1H3,(H,20,21,23). The van der Waals surface area contributed by atoms with E-state index in [9.17, 15) is 9.59 Å². The predicted octanol–water partition coefficient (Wildman–Crippen LogP) is 2.28. The maximum atomic E-state index is 11.8. The van der Waals surface area contributed by atoms with Gasteiger partial charge in [-0.05, 0) is 31.0 Å². The zero-order valence-electron chi connectivity index (χ0n) is 14.2. The Hall–Kier alpha value is -3.42. The van der Waals surface area contributed by atoms with Gasteiger partial charge in [0.2, 0.25) is 0 Å². The highest BCUT2D eigenvalue weighted by molar-refractivity contribution is 5.91. The highest BCUT2D eigenvalue weighted by Gasteiger charge is 2.11. The lowest BCUT2D eigenvalue weighted by molar-refractivity contribution is -0.147. The van der Waals surface area contributed by atoms with E-state index in [2.05, 4.69) is 15.6 Å². The lowest BCUT2D eigenvalue weighted by Crippen LogP contribution is -2.21. The van der Waals surface area contributed by atoms with Crippen LogP contribution in [0.1, 0.15) is 17.7 Å². The second-order valence-corrected chi connectivity index (χ2v) is 5.66. The van der Waals surface area contributed by atoms with Crippen LogP contribution in [0.3, 0.4) is 0 Å². The molecule has 0 aliphatic carbocycles. The topological polar surface area (TPSA) is 99.2 Å². The highest BCUT2D eigenvalue weighted by Crippen LogP contribution is 2.10. The Balaban J connectivity index is 1.41. The summed E-state index contributed by atoms with van der Waals surface area (Å²) in [4.78, 5) is 23.5. The summed E-state index contributed by atoms with van der Waals surface area (Å²) >= 11 is 0. The van der Waals surface area contributed by atoms with Gasteiger partial charge in [-0.2, -0.15) is 5.10 Å². The molecule has 0 fully saturated rings. The Morgan fingerprint density at radius 1 is 1.27 bits per heavy atom. The van der Waals surface area contributed by atoms with E-state index < -0.39 is 11.9 Å². The number of aromatic nitrogens is 3. The first-order chi connectivity index (χ1) is 12.6. The molecule has 1 N–H and O–H groups in total. The quantitative estimate of drug-likeness (QED) is 0.654. The van der Waals surface area contributed by atoms with Gasteiger partial charge < -0.3 is 14.6 Å². The van der Waals surface area contributed by atoms with E-state index in [1.54, 1.807) is 23.9 Å². The number of aryl methyl sites for hydroxylation is 2. The summed E-state index contributed by atoms with van der Waals surface area (Å²) in [7, 11) is 0. The monoisotopic (exact) mass is 354 g/mol. The van der Waals surface area contributed by atoms with Crippen LogP contribution in [-0.2, 0) is 20.7 Å². The number of nitrogens with one attached hydrogen (secondary N) is 1. The molecule has 0 aliphatic heterocycles. The average molecular weight is 354 g/mol. The first-order valence-electron chi connectivity index (χ1n) is 8.08. The van der Waals surface area contributed by atoms with Gasteiger partial charge in [-0.25, -0.2) is 4.68 Å². The fraction of sp³-hybridized carbons (Fsp3) is 0.222. The third kappa shape index (κ3) is 4.79. The van der Waals surface area contributed by atoms with Crippen molar-refractivity contribution < 1.29 is 18.8 Å². The molecule has 0 radical (unpaired) electrons. The molecule has 3 rings (SSSR count). The van der Waals surface area contributed by atoms with Gasteiger partial charge in [-0.3, -0.25) is 9.59 Å². The molecule has 8 nitrogen and oxygen atoms in total. The van der Waals surface area contributed by atoms with E-state index in [4.69, 9.17) is 9.26 Å². The van der Waals surface area contributed by atoms with Crippen LogP contribution < -0.4 is 5.32 Å². The maximum absolute atomic E-state index is 11.8. The van der Waals surface area contributed by atoms with Crippen molar-refractivity contribution in [2.24, 2.45) is 0 Å². The molecule has 2 heterocycles. The molecule has 26 heavy (non-hydrogen) atoms. The van der Waals surface area contributed by atoms with Crippen LogP contribution in [0.25, 0.3) is 5.69 Å². The summed E-state index contributed by atoms with van der Waals surface area (Å²) in [6, 6.07) is 11.3. The smallest absolute Gasteiger partial charge is 0.306 e. The SMILES string of the molecule is Cc1cc(NC(=O)COC(=O)CCc2cnn(-c3ccccc3)c2)no1. The van der Waals surface area contributed by atoms with Crippen LogP contribution in [0, 0.1) is 6.92 Å². The summed E-state index contributed by atoms with van der Waals surface area (Å²) in [5, 5.41) is 10.4. The number of hydrogen-bond donors (Lipinski definition) is 1. The highest BCUT2D eigenvalue weighted by atomic mass is 16.5. The van der Waals surface area contributed by atoms with Crippen LogP contribution in [0.4, 0.5) is 5.82 Å². The minimum atomic E-state index is -0.469. The molecule has 0 saturated heterocycles. The van der Waals surface area contributed by atoms with Crippen molar-refractivity contribution in [3.63, 3.8) is 0 Å². The number of rotatable bonds is 7. The second-order valence-electron chi connectivity index (χ2n) is 5.66. The largest absolute Gasteiger partial charge is 0.456 e. The fourth-order valence-corrected chi connectivity index (χ4v) is 2.28. The maximum Gasteiger partial charge on any atom is 0.306 e. The number of para-hydroxylation sites is 1. The van der Waals surface area contributed by atoms with Crippen LogP contribution >= 0.6 is 0 Å². The van der Waals surface area contributed by atoms with Gasteiger partial charge in [-0.15, -0.1) is 0 Å². The molecule has 0 saturated carbocycles. The van der Waals surface area contributed by atoms with Crippen molar-refractivity contribution in [2.75, 3.05) is 11.9 Å². The average Bonchev–Trinajstić information content (AvgIpc) is 3.28. The summed E-state index contributed by atoms with van der Waals surface area (Å²) in [6.07, 6.45) is 4.22. The lowest BCUT2D eigenvalue weighted by Gasteiger charge is -2.04. The van der Waals surface area contributed by atoms with Gasteiger partial charge in [0.25, 0.3) is 5.91 Å². The molecular weight excluding hydrogens is 336 g/mol. The minimum absolute atomic E-state index is 0.164. The number of hydrogen-bond acceptors (Lipinski definition) is 6. The van der Waals surface area contributed by atoms with Gasteiger partial charge in [0, 0.05) is 18.7 Å². The molecule has 0 atom stereocenters. The molecule has 0 aliphatic rings. The van der Waals surface area contributed by atoms with Crippen LogP contribution in [0.15, 0.2) is 53.3 Å². The molecule has 0 bridgehead atoms. The Bertz CT molecular complexity index is 886. The van der Waals surface area contributed by atoms with E-state index in [0.29, 0.717) is 12.2 Å². The lowest BCUT2D eigenvalue weighted by atomic mass is 10.2. The van der Waals surface area contributed by atoms with E-state index >= 15 is 0 Å². The zero-order valence-corrected chi connectivity index (χ0v) is 14.2. The third-order valence-electron chi connectivity index (χ3n) is 3.53. The van der Waals surface area contributed by atoms with Crippen LogP contribution in [0.2, 0.25) is 0 Å². The molecular formula is C18H18N4O4. The Kier molecular flexibility index (Phi) is 5.43. The Labute approximate surface area is 149 Å². The number of carbonyl (C=O) groups excluding carboxylic acids is 2. The van der Waals surface area contributed by atoms with Gasteiger partial charge in [0.05, 0.1) is 11.9 Å². The molecule has 134 valence electrons. The zero-order chi connectivity index (χ0) is 18.4. The Morgan fingerprint density at radius 2 is 2.08 bits per heavy atom. The van der Waals surface area contributed by atoms with Crippen molar-refractivity contribution in [1.29, 1.82) is 0 Å². The number of amides is 1. The number of anilines is 1.